The molecule has 0 radical (unpaired) electrons. The third-order valence-electron chi connectivity index (χ3n) is 3.40. The van der Waals surface area contributed by atoms with Gasteiger partial charge >= 0.3 is 0 Å². The number of aryl methyl sites for hydroxylation is 1. The van der Waals surface area contributed by atoms with Gasteiger partial charge in [0, 0.05) is 42.1 Å². The fourth-order valence-corrected chi connectivity index (χ4v) is 2.27. The predicted molar refractivity (Wildman–Crippen MR) is 101 cm³/mol. The number of nitrogens with zero attached hydrogens (tertiary/aromatic N) is 4. The summed E-state index contributed by atoms with van der Waals surface area (Å²) in [6.45, 7) is 4.66. The minimum Gasteiger partial charge on any atom is -0.354 e. The molecule has 2 aromatic heterocycles. The Labute approximate surface area is 151 Å². The summed E-state index contributed by atoms with van der Waals surface area (Å²) in [5, 5.41) is 9.11. The second-order valence-electron chi connectivity index (χ2n) is 5.50. The largest absolute Gasteiger partial charge is 0.354 e. The van der Waals surface area contributed by atoms with Crippen LogP contribution in [0.4, 0.5) is 23.1 Å². The van der Waals surface area contributed by atoms with Gasteiger partial charge in [-0.15, -0.1) is 0 Å². The van der Waals surface area contributed by atoms with Crippen molar-refractivity contribution in [2.45, 2.75) is 13.8 Å². The van der Waals surface area contributed by atoms with Crippen molar-refractivity contribution < 1.29 is 4.79 Å². The van der Waals surface area contributed by atoms with E-state index in [4.69, 9.17) is 0 Å². The fraction of sp³-hybridized carbons (Fsp3) is 0.167. The Balaban J connectivity index is 1.67. The SMILES string of the molecule is CCNc1nc(C)cc(Nc2ccc(NC(=O)c3cnccn3)cc2)n1. The molecule has 3 rings (SSSR count). The molecule has 0 spiro atoms. The molecule has 26 heavy (non-hydrogen) atoms. The van der Waals surface area contributed by atoms with Gasteiger partial charge in [0.2, 0.25) is 5.95 Å². The quantitative estimate of drug-likeness (QED) is 0.628. The Morgan fingerprint density at radius 1 is 1.08 bits per heavy atom. The first-order chi connectivity index (χ1) is 12.6. The van der Waals surface area contributed by atoms with Crippen molar-refractivity contribution in [3.05, 3.63) is 60.3 Å². The molecule has 1 amide bonds. The number of anilines is 4. The first-order valence-corrected chi connectivity index (χ1v) is 8.18. The first kappa shape index (κ1) is 17.3. The number of carbonyl (C=O) groups is 1. The zero-order chi connectivity index (χ0) is 18.4. The van der Waals surface area contributed by atoms with E-state index in [9.17, 15) is 4.79 Å². The molecule has 8 heteroatoms. The highest BCUT2D eigenvalue weighted by Gasteiger charge is 2.07. The Kier molecular flexibility index (Phi) is 5.33. The van der Waals surface area contributed by atoms with Crippen molar-refractivity contribution >= 4 is 29.0 Å². The van der Waals surface area contributed by atoms with Gasteiger partial charge in [-0.05, 0) is 38.1 Å². The summed E-state index contributed by atoms with van der Waals surface area (Å²) in [5.41, 5.74) is 2.65. The zero-order valence-electron chi connectivity index (χ0n) is 14.5. The van der Waals surface area contributed by atoms with E-state index in [0.29, 0.717) is 17.5 Å². The molecule has 3 N–H and O–H groups in total. The van der Waals surface area contributed by atoms with Crippen LogP contribution in [0.2, 0.25) is 0 Å². The van der Waals surface area contributed by atoms with E-state index in [1.165, 1.54) is 18.6 Å². The number of hydrogen-bond acceptors (Lipinski definition) is 7. The number of benzene rings is 1. The van der Waals surface area contributed by atoms with Crippen molar-refractivity contribution in [3.63, 3.8) is 0 Å². The molecule has 0 fully saturated rings. The van der Waals surface area contributed by atoms with Gasteiger partial charge in [-0.25, -0.2) is 9.97 Å². The molecule has 0 unspecified atom stereocenters. The van der Waals surface area contributed by atoms with E-state index in [2.05, 4.69) is 35.9 Å². The number of amides is 1. The van der Waals surface area contributed by atoms with Crippen LogP contribution in [-0.2, 0) is 0 Å². The van der Waals surface area contributed by atoms with Crippen LogP contribution in [0.15, 0.2) is 48.9 Å². The molecular formula is C18H19N7O. The van der Waals surface area contributed by atoms with Crippen LogP contribution in [0, 0.1) is 6.92 Å². The Hall–Kier alpha value is -3.55. The monoisotopic (exact) mass is 349 g/mol. The lowest BCUT2D eigenvalue weighted by molar-refractivity contribution is 0.102. The Morgan fingerprint density at radius 2 is 1.85 bits per heavy atom. The second kappa shape index (κ2) is 8.02. The molecule has 0 aliphatic rings. The van der Waals surface area contributed by atoms with Gasteiger partial charge in [-0.1, -0.05) is 0 Å². The van der Waals surface area contributed by atoms with E-state index < -0.39 is 0 Å². The van der Waals surface area contributed by atoms with Gasteiger partial charge in [-0.3, -0.25) is 9.78 Å². The standard InChI is InChI=1S/C18H19N7O/c1-3-20-18-22-12(2)10-16(25-18)23-13-4-6-14(7-5-13)24-17(26)15-11-19-8-9-21-15/h4-11H,3H2,1-2H3,(H,24,26)(H2,20,22,23,25). The summed E-state index contributed by atoms with van der Waals surface area (Å²) in [6.07, 6.45) is 4.42. The van der Waals surface area contributed by atoms with E-state index in [-0.39, 0.29) is 11.6 Å². The summed E-state index contributed by atoms with van der Waals surface area (Å²) in [6, 6.07) is 9.18. The molecule has 0 atom stereocenters. The molecule has 3 aromatic rings. The van der Waals surface area contributed by atoms with Crippen LogP contribution in [-0.4, -0.2) is 32.4 Å². The highest BCUT2D eigenvalue weighted by Crippen LogP contribution is 2.19. The summed E-state index contributed by atoms with van der Waals surface area (Å²) in [5.74, 6) is 0.980. The normalized spacial score (nSPS) is 10.2. The van der Waals surface area contributed by atoms with Gasteiger partial charge in [-0.2, -0.15) is 4.98 Å². The topological polar surface area (TPSA) is 105 Å². The highest BCUT2D eigenvalue weighted by molar-refractivity contribution is 6.02. The van der Waals surface area contributed by atoms with Gasteiger partial charge in [0.05, 0.1) is 6.20 Å². The summed E-state index contributed by atoms with van der Waals surface area (Å²) in [7, 11) is 0. The van der Waals surface area contributed by atoms with E-state index in [1.54, 1.807) is 12.1 Å². The summed E-state index contributed by atoms with van der Waals surface area (Å²) < 4.78 is 0. The number of hydrogen-bond donors (Lipinski definition) is 3. The lowest BCUT2D eigenvalue weighted by atomic mass is 10.2. The molecule has 8 nitrogen and oxygen atoms in total. The van der Waals surface area contributed by atoms with Gasteiger partial charge in [0.1, 0.15) is 11.5 Å². The van der Waals surface area contributed by atoms with Gasteiger partial charge < -0.3 is 16.0 Å². The Morgan fingerprint density at radius 3 is 2.54 bits per heavy atom. The minimum atomic E-state index is -0.305. The van der Waals surface area contributed by atoms with Crippen molar-refractivity contribution in [3.8, 4) is 0 Å². The van der Waals surface area contributed by atoms with Crippen LogP contribution in [0.3, 0.4) is 0 Å². The van der Waals surface area contributed by atoms with Crippen molar-refractivity contribution in [1.29, 1.82) is 0 Å². The molecule has 0 aliphatic carbocycles. The second-order valence-corrected chi connectivity index (χ2v) is 5.50. The third kappa shape index (κ3) is 4.50. The number of aromatic nitrogens is 4. The average molecular weight is 349 g/mol. The summed E-state index contributed by atoms with van der Waals surface area (Å²) >= 11 is 0. The number of nitrogens with one attached hydrogen (secondary N) is 3. The molecule has 1 aromatic carbocycles. The van der Waals surface area contributed by atoms with Crippen LogP contribution in [0.25, 0.3) is 0 Å². The van der Waals surface area contributed by atoms with E-state index in [0.717, 1.165) is 17.9 Å². The van der Waals surface area contributed by atoms with Crippen molar-refractivity contribution in [2.75, 3.05) is 22.5 Å². The van der Waals surface area contributed by atoms with Crippen LogP contribution < -0.4 is 16.0 Å². The highest BCUT2D eigenvalue weighted by atomic mass is 16.1. The summed E-state index contributed by atoms with van der Waals surface area (Å²) in [4.78, 5) is 28.7. The zero-order valence-corrected chi connectivity index (χ0v) is 14.5. The molecule has 132 valence electrons. The van der Waals surface area contributed by atoms with Crippen LogP contribution in [0.1, 0.15) is 23.1 Å². The molecule has 0 saturated heterocycles. The van der Waals surface area contributed by atoms with Crippen LogP contribution >= 0.6 is 0 Å². The smallest absolute Gasteiger partial charge is 0.275 e. The molecule has 0 bridgehead atoms. The maximum absolute atomic E-state index is 12.1. The predicted octanol–water partition coefficient (Wildman–Crippen LogP) is 3.00. The van der Waals surface area contributed by atoms with E-state index in [1.807, 2.05) is 32.0 Å². The first-order valence-electron chi connectivity index (χ1n) is 8.18. The van der Waals surface area contributed by atoms with Gasteiger partial charge in [0.25, 0.3) is 5.91 Å². The maximum Gasteiger partial charge on any atom is 0.275 e. The van der Waals surface area contributed by atoms with Gasteiger partial charge in [0.15, 0.2) is 0 Å². The van der Waals surface area contributed by atoms with Crippen LogP contribution in [0.5, 0.6) is 0 Å². The molecule has 0 saturated carbocycles. The Bertz CT molecular complexity index is 882. The fourth-order valence-electron chi connectivity index (χ4n) is 2.27. The maximum atomic E-state index is 12.1. The lowest BCUT2D eigenvalue weighted by Gasteiger charge is -2.10. The third-order valence-corrected chi connectivity index (χ3v) is 3.40. The lowest BCUT2D eigenvalue weighted by Crippen LogP contribution is -2.13. The number of rotatable bonds is 6. The van der Waals surface area contributed by atoms with Crippen molar-refractivity contribution in [1.82, 2.24) is 19.9 Å². The van der Waals surface area contributed by atoms with Crippen molar-refractivity contribution in [2.24, 2.45) is 0 Å². The average Bonchev–Trinajstić information content (AvgIpc) is 2.64. The van der Waals surface area contributed by atoms with E-state index >= 15 is 0 Å². The molecule has 2 heterocycles. The number of carbonyl (C=O) groups excluding carboxylic acids is 1. The molecule has 0 aliphatic heterocycles. The minimum absolute atomic E-state index is 0.266. The molecular weight excluding hydrogens is 330 g/mol.